The number of aliphatic hydroxyl groups is 1. The van der Waals surface area contributed by atoms with Crippen LogP contribution in [0.3, 0.4) is 0 Å². The van der Waals surface area contributed by atoms with Crippen LogP contribution in [0.15, 0.2) is 45.2 Å². The quantitative estimate of drug-likeness (QED) is 0.719. The van der Waals surface area contributed by atoms with Crippen molar-refractivity contribution in [1.29, 1.82) is 0 Å². The highest BCUT2D eigenvalue weighted by Gasteiger charge is 2.10. The highest BCUT2D eigenvalue weighted by atomic mass is 79.9. The molecule has 0 saturated heterocycles. The standard InChI is InChI=1S/C12H9BrN4OS/c13-8-1-2-9(7(3-8)4-18)19-12-10-11(15-5-14-10)16-6-17-12/h1-3,5-6,18H,4H2,(H,14,15,16,17). The SMILES string of the molecule is OCc1cc(Br)ccc1Sc1ncnc2nc[nH]c12. The number of H-pyrrole nitrogens is 1. The van der Waals surface area contributed by atoms with Crippen LogP contribution in [0.4, 0.5) is 0 Å². The molecule has 2 aromatic heterocycles. The summed E-state index contributed by atoms with van der Waals surface area (Å²) in [5, 5.41) is 10.2. The van der Waals surface area contributed by atoms with E-state index in [-0.39, 0.29) is 6.61 Å². The van der Waals surface area contributed by atoms with Gasteiger partial charge in [0.25, 0.3) is 0 Å². The lowest BCUT2D eigenvalue weighted by Crippen LogP contribution is -1.90. The van der Waals surface area contributed by atoms with Gasteiger partial charge in [0, 0.05) is 9.37 Å². The van der Waals surface area contributed by atoms with Crippen LogP contribution in [0.5, 0.6) is 0 Å². The number of halogens is 1. The predicted octanol–water partition coefficient (Wildman–Crippen LogP) is 2.76. The van der Waals surface area contributed by atoms with E-state index in [0.29, 0.717) is 5.65 Å². The zero-order chi connectivity index (χ0) is 13.2. The lowest BCUT2D eigenvalue weighted by molar-refractivity contribution is 0.279. The summed E-state index contributed by atoms with van der Waals surface area (Å²) < 4.78 is 0.940. The molecule has 3 rings (SSSR count). The van der Waals surface area contributed by atoms with Gasteiger partial charge in [-0.3, -0.25) is 0 Å². The number of hydrogen-bond donors (Lipinski definition) is 2. The van der Waals surface area contributed by atoms with Crippen molar-refractivity contribution in [2.45, 2.75) is 16.5 Å². The molecule has 0 spiro atoms. The summed E-state index contributed by atoms with van der Waals surface area (Å²) >= 11 is 4.87. The van der Waals surface area contributed by atoms with Crippen LogP contribution < -0.4 is 0 Å². The molecular formula is C12H9BrN4OS. The van der Waals surface area contributed by atoms with E-state index in [4.69, 9.17) is 0 Å². The van der Waals surface area contributed by atoms with E-state index in [0.717, 1.165) is 25.5 Å². The average Bonchev–Trinajstić information content (AvgIpc) is 2.90. The van der Waals surface area contributed by atoms with E-state index >= 15 is 0 Å². The number of imidazole rings is 1. The second kappa shape index (κ2) is 5.28. The first kappa shape index (κ1) is 12.6. The summed E-state index contributed by atoms with van der Waals surface area (Å²) in [7, 11) is 0. The van der Waals surface area contributed by atoms with Crippen LogP contribution in [0, 0.1) is 0 Å². The van der Waals surface area contributed by atoms with E-state index < -0.39 is 0 Å². The van der Waals surface area contributed by atoms with Gasteiger partial charge in [0.2, 0.25) is 0 Å². The Balaban J connectivity index is 2.03. The van der Waals surface area contributed by atoms with E-state index in [2.05, 4.69) is 35.9 Å². The summed E-state index contributed by atoms with van der Waals surface area (Å²) in [6.07, 6.45) is 3.08. The summed E-state index contributed by atoms with van der Waals surface area (Å²) in [6, 6.07) is 5.78. The Kier molecular flexibility index (Phi) is 3.50. The molecule has 1 aromatic carbocycles. The van der Waals surface area contributed by atoms with Gasteiger partial charge in [0.05, 0.1) is 12.9 Å². The molecule has 0 aliphatic heterocycles. The maximum atomic E-state index is 9.41. The number of nitrogens with one attached hydrogen (secondary N) is 1. The zero-order valence-corrected chi connectivity index (χ0v) is 12.1. The predicted molar refractivity (Wildman–Crippen MR) is 75.9 cm³/mol. The van der Waals surface area contributed by atoms with Crippen LogP contribution >= 0.6 is 27.7 Å². The van der Waals surface area contributed by atoms with Crippen LogP contribution in [0.2, 0.25) is 0 Å². The number of aliphatic hydroxyl groups excluding tert-OH is 1. The first-order valence-electron chi connectivity index (χ1n) is 5.49. The molecule has 0 unspecified atom stereocenters. The van der Waals surface area contributed by atoms with Crippen molar-refractivity contribution >= 4 is 38.9 Å². The first-order chi connectivity index (χ1) is 9.28. The molecule has 0 fully saturated rings. The molecule has 19 heavy (non-hydrogen) atoms. The second-order valence-electron chi connectivity index (χ2n) is 3.79. The van der Waals surface area contributed by atoms with E-state index in [9.17, 15) is 5.11 Å². The Labute approximate surface area is 121 Å². The van der Waals surface area contributed by atoms with E-state index in [1.807, 2.05) is 18.2 Å². The fourth-order valence-electron chi connectivity index (χ4n) is 1.70. The fourth-order valence-corrected chi connectivity index (χ4v) is 3.06. The zero-order valence-electron chi connectivity index (χ0n) is 9.67. The smallest absolute Gasteiger partial charge is 0.181 e. The lowest BCUT2D eigenvalue weighted by Gasteiger charge is -2.07. The third-order valence-corrected chi connectivity index (χ3v) is 4.20. The van der Waals surface area contributed by atoms with Gasteiger partial charge in [0.1, 0.15) is 16.9 Å². The normalized spacial score (nSPS) is 11.1. The molecule has 0 amide bonds. The molecule has 0 aliphatic rings. The van der Waals surface area contributed by atoms with Crippen LogP contribution in [0.25, 0.3) is 11.2 Å². The molecule has 0 saturated carbocycles. The molecular weight excluding hydrogens is 328 g/mol. The summed E-state index contributed by atoms with van der Waals surface area (Å²) in [4.78, 5) is 16.4. The Hall–Kier alpha value is -1.44. The lowest BCUT2D eigenvalue weighted by atomic mass is 10.2. The van der Waals surface area contributed by atoms with Crippen molar-refractivity contribution in [3.8, 4) is 0 Å². The van der Waals surface area contributed by atoms with Crippen molar-refractivity contribution in [3.63, 3.8) is 0 Å². The molecule has 0 bridgehead atoms. The topological polar surface area (TPSA) is 74.7 Å². The van der Waals surface area contributed by atoms with Crippen molar-refractivity contribution in [3.05, 3.63) is 40.9 Å². The van der Waals surface area contributed by atoms with Crippen molar-refractivity contribution < 1.29 is 5.11 Å². The molecule has 2 N–H and O–H groups in total. The average molecular weight is 337 g/mol. The molecule has 0 aliphatic carbocycles. The van der Waals surface area contributed by atoms with Gasteiger partial charge >= 0.3 is 0 Å². The van der Waals surface area contributed by atoms with Crippen LogP contribution in [0.1, 0.15) is 5.56 Å². The van der Waals surface area contributed by atoms with Crippen LogP contribution in [-0.2, 0) is 6.61 Å². The largest absolute Gasteiger partial charge is 0.392 e. The molecule has 3 aromatic rings. The number of fused-ring (bicyclic) bond motifs is 1. The summed E-state index contributed by atoms with van der Waals surface area (Å²) in [5.74, 6) is 0. The Morgan fingerprint density at radius 1 is 1.26 bits per heavy atom. The molecule has 5 nitrogen and oxygen atoms in total. The van der Waals surface area contributed by atoms with Gasteiger partial charge in [-0.1, -0.05) is 27.7 Å². The molecule has 0 atom stereocenters. The third-order valence-electron chi connectivity index (χ3n) is 2.59. The minimum Gasteiger partial charge on any atom is -0.392 e. The van der Waals surface area contributed by atoms with Crippen molar-refractivity contribution in [2.75, 3.05) is 0 Å². The minimum atomic E-state index is -0.0149. The van der Waals surface area contributed by atoms with Crippen molar-refractivity contribution in [1.82, 2.24) is 19.9 Å². The number of hydrogen-bond acceptors (Lipinski definition) is 5. The van der Waals surface area contributed by atoms with Gasteiger partial charge in [-0.05, 0) is 23.8 Å². The Bertz CT molecular complexity index is 731. The number of benzene rings is 1. The number of aromatic amines is 1. The fraction of sp³-hybridized carbons (Fsp3) is 0.0833. The molecule has 96 valence electrons. The monoisotopic (exact) mass is 336 g/mol. The number of aromatic nitrogens is 4. The van der Waals surface area contributed by atoms with E-state index in [1.165, 1.54) is 18.1 Å². The molecule has 0 radical (unpaired) electrons. The van der Waals surface area contributed by atoms with E-state index in [1.54, 1.807) is 6.33 Å². The number of nitrogens with zero attached hydrogens (tertiary/aromatic N) is 3. The Morgan fingerprint density at radius 3 is 3.00 bits per heavy atom. The highest BCUT2D eigenvalue weighted by Crippen LogP contribution is 2.33. The van der Waals surface area contributed by atoms with Crippen LogP contribution in [-0.4, -0.2) is 25.0 Å². The maximum absolute atomic E-state index is 9.41. The third kappa shape index (κ3) is 2.49. The molecule has 7 heteroatoms. The first-order valence-corrected chi connectivity index (χ1v) is 7.10. The highest BCUT2D eigenvalue weighted by molar-refractivity contribution is 9.10. The summed E-state index contributed by atoms with van der Waals surface area (Å²) in [6.45, 7) is -0.0149. The Morgan fingerprint density at radius 2 is 2.16 bits per heavy atom. The van der Waals surface area contributed by atoms with Gasteiger partial charge < -0.3 is 10.1 Å². The minimum absolute atomic E-state index is 0.0149. The number of rotatable bonds is 3. The van der Waals surface area contributed by atoms with Gasteiger partial charge in [-0.2, -0.15) is 0 Å². The van der Waals surface area contributed by atoms with Crippen molar-refractivity contribution in [2.24, 2.45) is 0 Å². The maximum Gasteiger partial charge on any atom is 0.181 e. The second-order valence-corrected chi connectivity index (χ2v) is 5.74. The summed E-state index contributed by atoms with van der Waals surface area (Å²) in [5.41, 5.74) is 2.30. The van der Waals surface area contributed by atoms with Gasteiger partial charge in [-0.15, -0.1) is 0 Å². The van der Waals surface area contributed by atoms with Gasteiger partial charge in [-0.25, -0.2) is 15.0 Å². The van der Waals surface area contributed by atoms with Gasteiger partial charge in [0.15, 0.2) is 5.65 Å². The molecule has 2 heterocycles.